The summed E-state index contributed by atoms with van der Waals surface area (Å²) in [6.45, 7) is 0. The molecule has 8 heteroatoms. The number of hydrogen-bond acceptors (Lipinski definition) is 2. The van der Waals surface area contributed by atoms with Crippen molar-refractivity contribution in [2.75, 3.05) is 0 Å². The summed E-state index contributed by atoms with van der Waals surface area (Å²) < 4.78 is 49.7. The molecule has 0 aromatic heterocycles. The van der Waals surface area contributed by atoms with E-state index < -0.39 is 29.6 Å². The molecule has 0 amide bonds. The van der Waals surface area contributed by atoms with Gasteiger partial charge in [-0.2, -0.15) is 13.2 Å². The second-order valence-corrected chi connectivity index (χ2v) is 3.46. The standard InChI is InChI=1S/C10H9F4NO2.ClH/c11-7-3-5(4-8(15)9(16)17)1-2-6(7)10(12,13)14;/h1-3,8H,4,15H2,(H,16,17);1H. The lowest BCUT2D eigenvalue weighted by Gasteiger charge is -2.10. The molecule has 0 saturated carbocycles. The van der Waals surface area contributed by atoms with E-state index >= 15 is 0 Å². The van der Waals surface area contributed by atoms with Crippen molar-refractivity contribution >= 4 is 18.4 Å². The Morgan fingerprint density at radius 2 is 1.94 bits per heavy atom. The lowest BCUT2D eigenvalue weighted by molar-refractivity contribution is -0.140. The van der Waals surface area contributed by atoms with Gasteiger partial charge in [0.2, 0.25) is 0 Å². The Morgan fingerprint density at radius 3 is 2.33 bits per heavy atom. The Bertz CT molecular complexity index is 436. The van der Waals surface area contributed by atoms with Crippen LogP contribution in [0.1, 0.15) is 11.1 Å². The zero-order chi connectivity index (χ0) is 13.2. The van der Waals surface area contributed by atoms with Crippen LogP contribution in [0.15, 0.2) is 18.2 Å². The van der Waals surface area contributed by atoms with Crippen LogP contribution >= 0.6 is 12.4 Å². The average molecular weight is 288 g/mol. The Balaban J connectivity index is 0.00000289. The molecule has 1 aromatic carbocycles. The van der Waals surface area contributed by atoms with Gasteiger partial charge >= 0.3 is 12.1 Å². The van der Waals surface area contributed by atoms with Gasteiger partial charge in [0.05, 0.1) is 5.56 Å². The molecular weight excluding hydrogens is 278 g/mol. The number of aliphatic carboxylic acids is 1. The highest BCUT2D eigenvalue weighted by Gasteiger charge is 2.33. The molecule has 0 spiro atoms. The van der Waals surface area contributed by atoms with E-state index in [1.165, 1.54) is 0 Å². The molecule has 0 fully saturated rings. The van der Waals surface area contributed by atoms with Crippen LogP contribution in [0.25, 0.3) is 0 Å². The highest BCUT2D eigenvalue weighted by atomic mass is 35.5. The van der Waals surface area contributed by atoms with Crippen LogP contribution in [0.3, 0.4) is 0 Å². The lowest BCUT2D eigenvalue weighted by atomic mass is 10.0. The first kappa shape index (κ1) is 16.7. The summed E-state index contributed by atoms with van der Waals surface area (Å²) in [7, 11) is 0. The number of halogens is 5. The van der Waals surface area contributed by atoms with Crippen LogP contribution in [0.5, 0.6) is 0 Å². The van der Waals surface area contributed by atoms with E-state index in [9.17, 15) is 22.4 Å². The summed E-state index contributed by atoms with van der Waals surface area (Å²) in [4.78, 5) is 10.4. The minimum atomic E-state index is -4.77. The van der Waals surface area contributed by atoms with Crippen molar-refractivity contribution in [3.8, 4) is 0 Å². The topological polar surface area (TPSA) is 63.3 Å². The SMILES string of the molecule is Cl.NC(Cc1ccc(C(F)(F)F)c(F)c1)C(=O)O. The van der Waals surface area contributed by atoms with E-state index in [4.69, 9.17) is 10.8 Å². The van der Waals surface area contributed by atoms with Gasteiger partial charge in [0.15, 0.2) is 0 Å². The molecule has 0 aliphatic heterocycles. The zero-order valence-electron chi connectivity index (χ0n) is 8.87. The summed E-state index contributed by atoms with van der Waals surface area (Å²) in [5.74, 6) is -2.74. The highest BCUT2D eigenvalue weighted by Crippen LogP contribution is 2.31. The van der Waals surface area contributed by atoms with Crippen molar-refractivity contribution in [2.24, 2.45) is 5.73 Å². The van der Waals surface area contributed by atoms with Crippen molar-refractivity contribution in [1.82, 2.24) is 0 Å². The van der Waals surface area contributed by atoms with E-state index in [-0.39, 0.29) is 24.4 Å². The van der Waals surface area contributed by atoms with Crippen molar-refractivity contribution in [1.29, 1.82) is 0 Å². The van der Waals surface area contributed by atoms with Gasteiger partial charge < -0.3 is 10.8 Å². The van der Waals surface area contributed by atoms with Gasteiger partial charge in [-0.15, -0.1) is 12.4 Å². The molecule has 18 heavy (non-hydrogen) atoms. The largest absolute Gasteiger partial charge is 0.480 e. The molecule has 1 rings (SSSR count). The fraction of sp³-hybridized carbons (Fsp3) is 0.300. The molecule has 0 bridgehead atoms. The molecule has 102 valence electrons. The van der Waals surface area contributed by atoms with Crippen LogP contribution in [0, 0.1) is 5.82 Å². The first-order valence-corrected chi connectivity index (χ1v) is 4.56. The number of rotatable bonds is 3. The molecule has 0 heterocycles. The molecule has 3 N–H and O–H groups in total. The lowest BCUT2D eigenvalue weighted by Crippen LogP contribution is -2.32. The first-order valence-electron chi connectivity index (χ1n) is 4.56. The second kappa shape index (κ2) is 6.01. The minimum Gasteiger partial charge on any atom is -0.480 e. The van der Waals surface area contributed by atoms with E-state index in [0.717, 1.165) is 6.07 Å². The van der Waals surface area contributed by atoms with Crippen LogP contribution in [0.4, 0.5) is 17.6 Å². The average Bonchev–Trinajstić information content (AvgIpc) is 2.15. The Kier molecular flexibility index (Phi) is 5.56. The number of benzene rings is 1. The summed E-state index contributed by atoms with van der Waals surface area (Å²) in [6.07, 6.45) is -5.00. The predicted octanol–water partition coefficient (Wildman–Crippen LogP) is 2.22. The summed E-state index contributed by atoms with van der Waals surface area (Å²) in [6, 6.07) is 0.950. The van der Waals surface area contributed by atoms with E-state index in [0.29, 0.717) is 12.1 Å². The number of carboxylic acids is 1. The van der Waals surface area contributed by atoms with Crippen LogP contribution < -0.4 is 5.73 Å². The normalized spacial score (nSPS) is 12.7. The minimum absolute atomic E-state index is 0. The smallest absolute Gasteiger partial charge is 0.419 e. The first-order chi connectivity index (χ1) is 7.71. The molecule has 1 aromatic rings. The third-order valence-electron chi connectivity index (χ3n) is 2.11. The maximum atomic E-state index is 13.1. The van der Waals surface area contributed by atoms with E-state index in [1.807, 2.05) is 0 Å². The number of carboxylic acid groups (broad SMARTS) is 1. The monoisotopic (exact) mass is 287 g/mol. The van der Waals surface area contributed by atoms with Gasteiger partial charge in [0, 0.05) is 0 Å². The van der Waals surface area contributed by atoms with Gasteiger partial charge in [0.25, 0.3) is 0 Å². The number of nitrogens with two attached hydrogens (primary N) is 1. The number of carbonyl (C=O) groups is 1. The van der Waals surface area contributed by atoms with Gasteiger partial charge in [-0.05, 0) is 24.1 Å². The highest BCUT2D eigenvalue weighted by molar-refractivity contribution is 5.85. The maximum absolute atomic E-state index is 13.1. The summed E-state index contributed by atoms with van der Waals surface area (Å²) in [5.41, 5.74) is 3.90. The van der Waals surface area contributed by atoms with Crippen molar-refractivity contribution in [3.63, 3.8) is 0 Å². The molecule has 1 atom stereocenters. The molecule has 1 unspecified atom stereocenters. The predicted molar refractivity (Wildman–Crippen MR) is 58.0 cm³/mol. The molecule has 0 saturated heterocycles. The fourth-order valence-electron chi connectivity index (χ4n) is 1.26. The molecule has 3 nitrogen and oxygen atoms in total. The van der Waals surface area contributed by atoms with Crippen LogP contribution in [-0.4, -0.2) is 17.1 Å². The quantitative estimate of drug-likeness (QED) is 0.838. The Morgan fingerprint density at radius 1 is 1.39 bits per heavy atom. The van der Waals surface area contributed by atoms with Crippen molar-refractivity contribution < 1.29 is 27.5 Å². The summed E-state index contributed by atoms with van der Waals surface area (Å²) in [5, 5.41) is 8.50. The Hall–Kier alpha value is -1.34. The van der Waals surface area contributed by atoms with Crippen molar-refractivity contribution in [3.05, 3.63) is 35.1 Å². The molecule has 0 aliphatic rings. The fourth-order valence-corrected chi connectivity index (χ4v) is 1.26. The number of alkyl halides is 3. The van der Waals surface area contributed by atoms with E-state index in [2.05, 4.69) is 0 Å². The molecular formula is C10H10ClF4NO2. The van der Waals surface area contributed by atoms with Crippen LogP contribution in [0.2, 0.25) is 0 Å². The van der Waals surface area contributed by atoms with E-state index in [1.54, 1.807) is 0 Å². The van der Waals surface area contributed by atoms with Gasteiger partial charge in [-0.3, -0.25) is 4.79 Å². The summed E-state index contributed by atoms with van der Waals surface area (Å²) >= 11 is 0. The van der Waals surface area contributed by atoms with Gasteiger partial charge in [-0.1, -0.05) is 6.07 Å². The van der Waals surface area contributed by atoms with Crippen molar-refractivity contribution in [2.45, 2.75) is 18.6 Å². The Labute approximate surface area is 106 Å². The number of hydrogen-bond donors (Lipinski definition) is 2. The molecule has 0 aliphatic carbocycles. The second-order valence-electron chi connectivity index (χ2n) is 3.46. The van der Waals surface area contributed by atoms with Gasteiger partial charge in [0.1, 0.15) is 11.9 Å². The third-order valence-corrected chi connectivity index (χ3v) is 2.11. The zero-order valence-corrected chi connectivity index (χ0v) is 9.69. The maximum Gasteiger partial charge on any atom is 0.419 e. The molecule has 0 radical (unpaired) electrons. The van der Waals surface area contributed by atoms with Gasteiger partial charge in [-0.25, -0.2) is 4.39 Å². The third kappa shape index (κ3) is 4.15. The van der Waals surface area contributed by atoms with Crippen LogP contribution in [-0.2, 0) is 17.4 Å².